The first kappa shape index (κ1) is 17.6. The van der Waals surface area contributed by atoms with E-state index < -0.39 is 27.4 Å². The van der Waals surface area contributed by atoms with Gasteiger partial charge >= 0.3 is 5.97 Å². The maximum atomic E-state index is 13.4. The lowest BCUT2D eigenvalue weighted by Gasteiger charge is -2.27. The minimum atomic E-state index is -3.86. The number of hydrogen-bond donors (Lipinski definition) is 1. The number of carboxylic acids is 1. The van der Waals surface area contributed by atoms with Gasteiger partial charge in [-0.05, 0) is 38.0 Å². The van der Waals surface area contributed by atoms with Gasteiger partial charge in [-0.3, -0.25) is 0 Å². The molecule has 1 aromatic rings. The molecule has 1 N–H and O–H groups in total. The molecule has 1 aromatic carbocycles. The standard InChI is InChI=1S/C14H20FNO4S/c1-9(2)8-16(10(3)4)21(19,20)11-5-6-13(15)12(7-11)14(17)18/h5-7,9-10H,8H2,1-4H3,(H,17,18). The SMILES string of the molecule is CC(C)CN(C(C)C)S(=O)(=O)c1ccc(F)c(C(=O)O)c1. The highest BCUT2D eigenvalue weighted by Crippen LogP contribution is 2.22. The monoisotopic (exact) mass is 317 g/mol. The Morgan fingerprint density at radius 3 is 2.29 bits per heavy atom. The van der Waals surface area contributed by atoms with E-state index in [-0.39, 0.29) is 16.9 Å². The fourth-order valence-corrected chi connectivity index (χ4v) is 3.74. The number of halogens is 1. The maximum absolute atomic E-state index is 13.4. The van der Waals surface area contributed by atoms with Crippen molar-refractivity contribution in [3.63, 3.8) is 0 Å². The fraction of sp³-hybridized carbons (Fsp3) is 0.500. The second-order valence-electron chi connectivity index (χ2n) is 5.51. The third kappa shape index (κ3) is 4.01. The van der Waals surface area contributed by atoms with Crippen molar-refractivity contribution in [3.05, 3.63) is 29.6 Å². The minimum Gasteiger partial charge on any atom is -0.478 e. The predicted molar refractivity (Wildman–Crippen MR) is 77.2 cm³/mol. The van der Waals surface area contributed by atoms with Gasteiger partial charge in [-0.25, -0.2) is 17.6 Å². The fourth-order valence-electron chi connectivity index (χ4n) is 1.91. The van der Waals surface area contributed by atoms with Crippen LogP contribution in [0.25, 0.3) is 0 Å². The van der Waals surface area contributed by atoms with Crippen molar-refractivity contribution in [2.45, 2.75) is 38.6 Å². The smallest absolute Gasteiger partial charge is 0.338 e. The summed E-state index contributed by atoms with van der Waals surface area (Å²) in [6, 6.07) is 2.54. The van der Waals surface area contributed by atoms with E-state index in [4.69, 9.17) is 5.11 Å². The Hall–Kier alpha value is -1.47. The van der Waals surface area contributed by atoms with E-state index in [1.807, 2.05) is 13.8 Å². The summed E-state index contributed by atoms with van der Waals surface area (Å²) in [6.45, 7) is 7.55. The van der Waals surface area contributed by atoms with Crippen molar-refractivity contribution in [1.29, 1.82) is 0 Å². The normalized spacial score (nSPS) is 12.4. The van der Waals surface area contributed by atoms with E-state index in [1.165, 1.54) is 4.31 Å². The molecule has 0 saturated heterocycles. The Balaban J connectivity index is 3.35. The van der Waals surface area contributed by atoms with E-state index in [0.717, 1.165) is 18.2 Å². The molecule has 7 heteroatoms. The first-order valence-corrected chi connectivity index (χ1v) is 8.06. The molecule has 0 unspecified atom stereocenters. The van der Waals surface area contributed by atoms with Crippen molar-refractivity contribution in [3.8, 4) is 0 Å². The highest BCUT2D eigenvalue weighted by atomic mass is 32.2. The van der Waals surface area contributed by atoms with E-state index in [2.05, 4.69) is 0 Å². The third-order valence-corrected chi connectivity index (χ3v) is 4.93. The lowest BCUT2D eigenvalue weighted by Crippen LogP contribution is -2.39. The molecule has 1 rings (SSSR count). The molecule has 0 aliphatic rings. The molecule has 0 aliphatic carbocycles. The van der Waals surface area contributed by atoms with Gasteiger partial charge in [0.05, 0.1) is 10.5 Å². The van der Waals surface area contributed by atoms with Crippen LogP contribution in [0, 0.1) is 11.7 Å². The Labute approximate surface area is 124 Å². The molecular formula is C14H20FNO4S. The van der Waals surface area contributed by atoms with Crippen molar-refractivity contribution < 1.29 is 22.7 Å². The van der Waals surface area contributed by atoms with E-state index in [1.54, 1.807) is 13.8 Å². The molecule has 0 atom stereocenters. The Kier molecular flexibility index (Phi) is 5.47. The van der Waals surface area contributed by atoms with E-state index in [0.29, 0.717) is 6.54 Å². The van der Waals surface area contributed by atoms with Crippen LogP contribution in [-0.2, 0) is 10.0 Å². The summed E-state index contributed by atoms with van der Waals surface area (Å²) in [7, 11) is -3.86. The van der Waals surface area contributed by atoms with Gasteiger partial charge in [0.15, 0.2) is 0 Å². The first-order chi connectivity index (χ1) is 9.57. The topological polar surface area (TPSA) is 74.7 Å². The van der Waals surface area contributed by atoms with Gasteiger partial charge < -0.3 is 5.11 Å². The van der Waals surface area contributed by atoms with Crippen molar-refractivity contribution in [2.24, 2.45) is 5.92 Å². The number of benzene rings is 1. The molecule has 0 bridgehead atoms. The van der Waals surface area contributed by atoms with Crippen LogP contribution < -0.4 is 0 Å². The summed E-state index contributed by atoms with van der Waals surface area (Å²) >= 11 is 0. The number of carboxylic acid groups (broad SMARTS) is 1. The number of carbonyl (C=O) groups is 1. The van der Waals surface area contributed by atoms with Crippen LogP contribution in [0.1, 0.15) is 38.1 Å². The Morgan fingerprint density at radius 2 is 1.86 bits per heavy atom. The van der Waals surface area contributed by atoms with Gasteiger partial charge in [-0.2, -0.15) is 4.31 Å². The largest absolute Gasteiger partial charge is 0.478 e. The van der Waals surface area contributed by atoms with Gasteiger partial charge in [-0.15, -0.1) is 0 Å². The van der Waals surface area contributed by atoms with Crippen LogP contribution >= 0.6 is 0 Å². The van der Waals surface area contributed by atoms with Crippen LogP contribution in [-0.4, -0.2) is 36.4 Å². The summed E-state index contributed by atoms with van der Waals surface area (Å²) in [6.07, 6.45) is 0. The lowest BCUT2D eigenvalue weighted by molar-refractivity contribution is 0.0691. The summed E-state index contributed by atoms with van der Waals surface area (Å²) in [4.78, 5) is 10.7. The van der Waals surface area contributed by atoms with Crippen molar-refractivity contribution >= 4 is 16.0 Å². The summed E-state index contributed by atoms with van der Waals surface area (Å²) in [5, 5.41) is 8.90. The molecule has 0 aliphatic heterocycles. The highest BCUT2D eigenvalue weighted by molar-refractivity contribution is 7.89. The molecule has 21 heavy (non-hydrogen) atoms. The second kappa shape index (κ2) is 6.53. The molecule has 118 valence electrons. The lowest BCUT2D eigenvalue weighted by atomic mass is 10.2. The van der Waals surface area contributed by atoms with Crippen molar-refractivity contribution in [1.82, 2.24) is 4.31 Å². The van der Waals surface area contributed by atoms with E-state index >= 15 is 0 Å². The van der Waals surface area contributed by atoms with Crippen LogP contribution in [0.3, 0.4) is 0 Å². The zero-order valence-corrected chi connectivity index (χ0v) is 13.3. The molecule has 0 heterocycles. The van der Waals surface area contributed by atoms with Gasteiger partial charge in [-0.1, -0.05) is 13.8 Å². The number of sulfonamides is 1. The Morgan fingerprint density at radius 1 is 1.29 bits per heavy atom. The summed E-state index contributed by atoms with van der Waals surface area (Å²) < 4.78 is 39.9. The van der Waals surface area contributed by atoms with Gasteiger partial charge in [0.2, 0.25) is 10.0 Å². The summed E-state index contributed by atoms with van der Waals surface area (Å²) in [5.41, 5.74) is -0.649. The van der Waals surface area contributed by atoms with Crippen LogP contribution in [0.5, 0.6) is 0 Å². The number of rotatable bonds is 6. The average Bonchev–Trinajstić information content (AvgIpc) is 2.35. The van der Waals surface area contributed by atoms with Crippen molar-refractivity contribution in [2.75, 3.05) is 6.54 Å². The van der Waals surface area contributed by atoms with Gasteiger partial charge in [0, 0.05) is 12.6 Å². The maximum Gasteiger partial charge on any atom is 0.338 e. The molecule has 0 amide bonds. The predicted octanol–water partition coefficient (Wildman–Crippen LogP) is 2.58. The van der Waals surface area contributed by atoms with Gasteiger partial charge in [0.25, 0.3) is 0 Å². The third-order valence-electron chi connectivity index (χ3n) is 2.90. The van der Waals surface area contributed by atoms with Crippen LogP contribution in [0.15, 0.2) is 23.1 Å². The van der Waals surface area contributed by atoms with Crippen LogP contribution in [0.2, 0.25) is 0 Å². The highest BCUT2D eigenvalue weighted by Gasteiger charge is 2.28. The second-order valence-corrected chi connectivity index (χ2v) is 7.40. The number of aromatic carboxylic acids is 1. The first-order valence-electron chi connectivity index (χ1n) is 6.62. The molecular weight excluding hydrogens is 297 g/mol. The zero-order valence-electron chi connectivity index (χ0n) is 12.5. The zero-order chi connectivity index (χ0) is 16.4. The molecule has 0 fully saturated rings. The minimum absolute atomic E-state index is 0.113. The number of nitrogens with zero attached hydrogens (tertiary/aromatic N) is 1. The molecule has 0 saturated carbocycles. The number of hydrogen-bond acceptors (Lipinski definition) is 3. The quantitative estimate of drug-likeness (QED) is 0.875. The van der Waals surface area contributed by atoms with Gasteiger partial charge in [0.1, 0.15) is 5.82 Å². The average molecular weight is 317 g/mol. The van der Waals surface area contributed by atoms with Crippen LogP contribution in [0.4, 0.5) is 4.39 Å². The summed E-state index contributed by atoms with van der Waals surface area (Å²) in [5.74, 6) is -2.34. The molecule has 5 nitrogen and oxygen atoms in total. The molecule has 0 radical (unpaired) electrons. The molecule has 0 spiro atoms. The molecule has 0 aromatic heterocycles. The van der Waals surface area contributed by atoms with E-state index in [9.17, 15) is 17.6 Å². The Bertz CT molecular complexity index is 626.